The zero-order valence-electron chi connectivity index (χ0n) is 39.9. The first-order valence-corrected chi connectivity index (χ1v) is 12.9. The molecule has 0 aliphatic rings. The normalized spacial score (nSPS) is 17.1. The summed E-state index contributed by atoms with van der Waals surface area (Å²) in [4.78, 5) is 13.3. The summed E-state index contributed by atoms with van der Waals surface area (Å²) in [6, 6.07) is 2.32. The Hall–Kier alpha value is -5.87. The monoisotopic (exact) mass is 568 g/mol. The maximum atomic E-state index is 8.86. The van der Waals surface area contributed by atoms with Crippen LogP contribution in [0.2, 0.25) is 0 Å². The van der Waals surface area contributed by atoms with Crippen molar-refractivity contribution in [2.24, 2.45) is 0 Å². The summed E-state index contributed by atoms with van der Waals surface area (Å²) in [5, 5.41) is -0.167. The van der Waals surface area contributed by atoms with Gasteiger partial charge in [0, 0.05) is 33.2 Å². The fraction of sp³-hybridized carbons (Fsp3) is 0. The number of aromatic nitrogens is 4. The Morgan fingerprint density at radius 3 is 1.44 bits per heavy atom. The first kappa shape index (κ1) is 12.6. The second-order valence-electron chi connectivity index (χ2n) is 9.22. The molecule has 2 heterocycles. The minimum atomic E-state index is -0.682. The molecule has 2 aromatic heterocycles. The molecule has 8 aromatic rings. The van der Waals surface area contributed by atoms with Crippen LogP contribution in [-0.2, 0) is 0 Å². The smallest absolute Gasteiger partial charge is 0.164 e. The zero-order valence-corrected chi connectivity index (χ0v) is 21.9. The van der Waals surface area contributed by atoms with Crippen LogP contribution in [0.3, 0.4) is 0 Å². The molecule has 0 fully saturated rings. The Labute approximate surface area is 274 Å². The highest BCUT2D eigenvalue weighted by Gasteiger charge is 2.14. The van der Waals surface area contributed by atoms with Crippen LogP contribution in [0.15, 0.2) is 157 Å². The lowest BCUT2D eigenvalue weighted by Crippen LogP contribution is -2.00. The van der Waals surface area contributed by atoms with Crippen LogP contribution in [0.5, 0.6) is 0 Å². The van der Waals surface area contributed by atoms with Crippen LogP contribution in [0.25, 0.3) is 72.8 Å². The highest BCUT2D eigenvalue weighted by Crippen LogP contribution is 2.34. The van der Waals surface area contributed by atoms with Crippen LogP contribution in [0, 0.1) is 0 Å². The van der Waals surface area contributed by atoms with Crippen molar-refractivity contribution < 1.29 is 24.7 Å². The summed E-state index contributed by atoms with van der Waals surface area (Å²) < 4.78 is 154. The van der Waals surface area contributed by atoms with E-state index in [4.69, 9.17) is 24.7 Å². The molecule has 0 radical (unpaired) electrons. The first-order chi connectivity index (χ1) is 28.8. The van der Waals surface area contributed by atoms with Crippen molar-refractivity contribution in [1.29, 1.82) is 0 Å². The summed E-state index contributed by atoms with van der Waals surface area (Å²) in [6.07, 6.45) is 0. The standard InChI is InChI=1S/C39H26N4/c1-3-13-27(14-4-1)37-40-38(28-15-5-2-6-16-28)42-39(41-37)31-19-11-17-29(25-31)30-18-12-20-32(26-30)43-35-23-9-7-21-33(35)34-22-8-10-24-36(34)43/h1-26H/i1D,2D,3D,4D,5D,6D,7D,8D,9D,10D,13D,14D,15D,16D,21D,22D,23D,24D. The summed E-state index contributed by atoms with van der Waals surface area (Å²) in [5.74, 6) is -1.03. The summed E-state index contributed by atoms with van der Waals surface area (Å²) in [5.41, 5.74) is 0.565. The molecule has 43 heavy (non-hydrogen) atoms. The number of benzene rings is 6. The average molecular weight is 569 g/mol. The first-order valence-electron chi connectivity index (χ1n) is 21.9. The molecule has 0 spiro atoms. The molecule has 0 atom stereocenters. The van der Waals surface area contributed by atoms with E-state index in [0.29, 0.717) is 11.1 Å². The number of para-hydroxylation sites is 2. The van der Waals surface area contributed by atoms with Crippen molar-refractivity contribution in [3.05, 3.63) is 157 Å². The number of hydrogen-bond acceptors (Lipinski definition) is 3. The van der Waals surface area contributed by atoms with Gasteiger partial charge >= 0.3 is 0 Å². The SMILES string of the molecule is [2H]c1c([2H])c([2H])c(-c2nc(-c3cccc(-c4cccc(-n5c6c([2H])c([2H])c([2H])c([2H])c6c6c([2H])c([2H])c([2H])c([2H])c65)c4)c3)nc(-c3c([2H])c([2H])c([2H])c([2H])c3[2H])n2)c([2H])c1[2H]. The molecule has 4 nitrogen and oxygen atoms in total. The predicted molar refractivity (Wildman–Crippen MR) is 176 cm³/mol. The fourth-order valence-electron chi connectivity index (χ4n) is 4.79. The van der Waals surface area contributed by atoms with Crippen LogP contribution in [0.4, 0.5) is 0 Å². The van der Waals surface area contributed by atoms with E-state index in [0.717, 1.165) is 0 Å². The molecule has 0 aliphatic heterocycles. The van der Waals surface area contributed by atoms with Crippen molar-refractivity contribution in [3.63, 3.8) is 0 Å². The Balaban J connectivity index is 1.37. The largest absolute Gasteiger partial charge is 0.309 e. The molecule has 202 valence electrons. The second-order valence-corrected chi connectivity index (χ2v) is 9.22. The molecule has 0 saturated carbocycles. The molecular formula is C39H26N4. The van der Waals surface area contributed by atoms with Gasteiger partial charge < -0.3 is 4.57 Å². The van der Waals surface area contributed by atoms with Crippen LogP contribution >= 0.6 is 0 Å². The van der Waals surface area contributed by atoms with Gasteiger partial charge in [0.15, 0.2) is 17.5 Å². The third-order valence-electron chi connectivity index (χ3n) is 6.67. The lowest BCUT2D eigenvalue weighted by Gasteiger charge is -2.12. The highest BCUT2D eigenvalue weighted by molar-refractivity contribution is 6.09. The van der Waals surface area contributed by atoms with E-state index in [-0.39, 0.29) is 38.9 Å². The Morgan fingerprint density at radius 2 is 0.860 bits per heavy atom. The predicted octanol–water partition coefficient (Wildman–Crippen LogP) is 9.64. The second kappa shape index (κ2) is 10.5. The molecular weight excluding hydrogens is 524 g/mol. The molecule has 4 heteroatoms. The molecule has 0 saturated heterocycles. The van der Waals surface area contributed by atoms with Gasteiger partial charge in [-0.1, -0.05) is 127 Å². The number of nitrogens with zero attached hydrogens (tertiary/aromatic N) is 4. The molecule has 0 bridgehead atoms. The third-order valence-corrected chi connectivity index (χ3v) is 6.67. The third kappa shape index (κ3) is 4.55. The van der Waals surface area contributed by atoms with E-state index in [1.165, 1.54) is 4.57 Å². The topological polar surface area (TPSA) is 43.6 Å². The maximum absolute atomic E-state index is 8.86. The lowest BCUT2D eigenvalue weighted by molar-refractivity contribution is 1.07. The number of fused-ring (bicyclic) bond motifs is 3. The number of rotatable bonds is 5. The quantitative estimate of drug-likeness (QED) is 0.208. The van der Waals surface area contributed by atoms with Crippen LogP contribution < -0.4 is 0 Å². The highest BCUT2D eigenvalue weighted by atomic mass is 15.0. The number of hydrogen-bond donors (Lipinski definition) is 0. The van der Waals surface area contributed by atoms with Crippen molar-refractivity contribution >= 4 is 21.8 Å². The van der Waals surface area contributed by atoms with E-state index >= 15 is 0 Å². The average Bonchev–Trinajstić information content (AvgIpc) is 3.63. The lowest BCUT2D eigenvalue weighted by atomic mass is 10.0. The van der Waals surface area contributed by atoms with E-state index in [9.17, 15) is 0 Å². The van der Waals surface area contributed by atoms with E-state index in [1.807, 2.05) is 0 Å². The molecule has 0 N–H and O–H groups in total. The van der Waals surface area contributed by atoms with Gasteiger partial charge in [0.2, 0.25) is 0 Å². The Morgan fingerprint density at radius 1 is 0.419 bits per heavy atom. The summed E-state index contributed by atoms with van der Waals surface area (Å²) >= 11 is 0. The van der Waals surface area contributed by atoms with Gasteiger partial charge in [-0.15, -0.1) is 0 Å². The van der Waals surface area contributed by atoms with Crippen molar-refractivity contribution in [2.45, 2.75) is 0 Å². The molecule has 6 aromatic carbocycles. The van der Waals surface area contributed by atoms with Crippen molar-refractivity contribution in [2.75, 3.05) is 0 Å². The van der Waals surface area contributed by atoms with Crippen LogP contribution in [0.1, 0.15) is 24.7 Å². The molecule has 0 unspecified atom stereocenters. The summed E-state index contributed by atoms with van der Waals surface area (Å²) in [7, 11) is 0. The fourth-order valence-corrected chi connectivity index (χ4v) is 4.79. The minimum absolute atomic E-state index is 0.0653. The Kier molecular flexibility index (Phi) is 3.07. The van der Waals surface area contributed by atoms with E-state index in [2.05, 4.69) is 15.0 Å². The minimum Gasteiger partial charge on any atom is -0.309 e. The van der Waals surface area contributed by atoms with E-state index in [1.54, 1.807) is 48.5 Å². The molecule has 8 rings (SSSR count). The molecule has 0 aliphatic carbocycles. The molecule has 0 amide bonds. The van der Waals surface area contributed by atoms with Gasteiger partial charge in [0.05, 0.1) is 35.7 Å². The van der Waals surface area contributed by atoms with Gasteiger partial charge in [-0.05, 0) is 41.4 Å². The van der Waals surface area contributed by atoms with Crippen molar-refractivity contribution in [3.8, 4) is 51.0 Å². The van der Waals surface area contributed by atoms with Crippen LogP contribution in [-0.4, -0.2) is 19.5 Å². The van der Waals surface area contributed by atoms with Gasteiger partial charge in [0.25, 0.3) is 0 Å². The maximum Gasteiger partial charge on any atom is 0.164 e. The van der Waals surface area contributed by atoms with Gasteiger partial charge in [-0.2, -0.15) is 0 Å². The summed E-state index contributed by atoms with van der Waals surface area (Å²) in [6.45, 7) is 0. The van der Waals surface area contributed by atoms with E-state index < -0.39 is 132 Å². The van der Waals surface area contributed by atoms with Gasteiger partial charge in [0.1, 0.15) is 0 Å². The van der Waals surface area contributed by atoms with Gasteiger partial charge in [-0.3, -0.25) is 0 Å². The Bertz CT molecular complexity index is 3030. The zero-order chi connectivity index (χ0) is 44.3. The van der Waals surface area contributed by atoms with Gasteiger partial charge in [-0.25, -0.2) is 15.0 Å². The van der Waals surface area contributed by atoms with Crippen molar-refractivity contribution in [1.82, 2.24) is 19.5 Å².